The van der Waals surface area contributed by atoms with E-state index in [1.165, 1.54) is 5.69 Å². The van der Waals surface area contributed by atoms with Gasteiger partial charge >= 0.3 is 0 Å². The molecule has 4 nitrogen and oxygen atoms in total. The van der Waals surface area contributed by atoms with E-state index in [-0.39, 0.29) is 0 Å². The predicted octanol–water partition coefficient (Wildman–Crippen LogP) is 0.114. The largest absolute Gasteiger partial charge is 0.327 e. The van der Waals surface area contributed by atoms with Gasteiger partial charge in [0.1, 0.15) is 0 Å². The summed E-state index contributed by atoms with van der Waals surface area (Å²) in [6, 6.07) is 0.307. The van der Waals surface area contributed by atoms with Crippen LogP contribution in [0.25, 0.3) is 0 Å². The minimum Gasteiger partial charge on any atom is -0.327 e. The van der Waals surface area contributed by atoms with E-state index >= 15 is 0 Å². The third-order valence-corrected chi connectivity index (χ3v) is 2.43. The molecule has 0 aliphatic heterocycles. The quantitative estimate of drug-likeness (QED) is 0.644. The van der Waals surface area contributed by atoms with Crippen molar-refractivity contribution in [2.45, 2.75) is 38.8 Å². The molecule has 1 aliphatic rings. The molecule has 0 spiro atoms. The Bertz CT molecular complexity index is 265. The lowest BCUT2D eigenvalue weighted by Gasteiger charge is -2.17. The average Bonchev–Trinajstić information content (AvgIpc) is 2.46. The van der Waals surface area contributed by atoms with E-state index < -0.39 is 0 Å². The molecule has 0 bridgehead atoms. The lowest BCUT2D eigenvalue weighted by molar-refractivity contribution is 0.528. The van der Waals surface area contributed by atoms with Gasteiger partial charge in [-0.3, -0.25) is 0 Å². The van der Waals surface area contributed by atoms with Gasteiger partial charge in [-0.05, 0) is 19.8 Å². The summed E-state index contributed by atoms with van der Waals surface area (Å²) in [5.74, 6) is 0. The first-order valence-electron chi connectivity index (χ1n) is 4.48. The Morgan fingerprint density at radius 2 is 2.50 bits per heavy atom. The maximum atomic E-state index is 5.86. The molecule has 2 N–H and O–H groups in total. The molecule has 0 fully saturated rings. The number of hydrogen-bond donors (Lipinski definition) is 1. The molecule has 1 aromatic rings. The Balaban J connectivity index is 2.34. The van der Waals surface area contributed by atoms with Crippen molar-refractivity contribution in [2.75, 3.05) is 0 Å². The summed E-state index contributed by atoms with van der Waals surface area (Å²) in [5.41, 5.74) is 8.26. The topological polar surface area (TPSA) is 56.7 Å². The van der Waals surface area contributed by atoms with E-state index in [1.807, 2.05) is 4.68 Å². The van der Waals surface area contributed by atoms with Crippen LogP contribution in [0, 0.1) is 0 Å². The van der Waals surface area contributed by atoms with Crippen molar-refractivity contribution in [1.29, 1.82) is 0 Å². The van der Waals surface area contributed by atoms with Gasteiger partial charge in [-0.1, -0.05) is 5.21 Å². The van der Waals surface area contributed by atoms with Crippen molar-refractivity contribution in [3.8, 4) is 0 Å². The fourth-order valence-corrected chi connectivity index (χ4v) is 1.71. The van der Waals surface area contributed by atoms with Crippen LogP contribution < -0.4 is 5.73 Å². The molecule has 4 heteroatoms. The molecular weight excluding hydrogens is 152 g/mol. The van der Waals surface area contributed by atoms with Crippen LogP contribution in [-0.4, -0.2) is 21.0 Å². The zero-order valence-electron chi connectivity index (χ0n) is 7.32. The number of nitrogens with zero attached hydrogens (tertiary/aromatic N) is 3. The van der Waals surface area contributed by atoms with Gasteiger partial charge < -0.3 is 5.73 Å². The molecule has 0 saturated carbocycles. The van der Waals surface area contributed by atoms with Crippen molar-refractivity contribution in [3.63, 3.8) is 0 Å². The third kappa shape index (κ3) is 1.12. The van der Waals surface area contributed by atoms with Crippen molar-refractivity contribution < 1.29 is 0 Å². The van der Waals surface area contributed by atoms with Gasteiger partial charge in [0.15, 0.2) is 0 Å². The third-order valence-electron chi connectivity index (χ3n) is 2.43. The molecule has 66 valence electrons. The lowest BCUT2D eigenvalue weighted by Crippen LogP contribution is -2.29. The zero-order chi connectivity index (χ0) is 8.55. The van der Waals surface area contributed by atoms with Crippen LogP contribution in [0.3, 0.4) is 0 Å². The number of aromatic nitrogens is 3. The second kappa shape index (κ2) is 2.86. The highest BCUT2D eigenvalue weighted by molar-refractivity contribution is 5.15. The van der Waals surface area contributed by atoms with Crippen molar-refractivity contribution >= 4 is 0 Å². The van der Waals surface area contributed by atoms with E-state index in [4.69, 9.17) is 5.73 Å². The first-order chi connectivity index (χ1) is 5.81. The molecular formula is C8H14N4. The molecule has 1 unspecified atom stereocenters. The molecule has 1 aromatic heterocycles. The number of hydrogen-bond acceptors (Lipinski definition) is 3. The van der Waals surface area contributed by atoms with Crippen molar-refractivity contribution in [1.82, 2.24) is 15.0 Å². The molecule has 12 heavy (non-hydrogen) atoms. The van der Waals surface area contributed by atoms with Crippen LogP contribution in [0.15, 0.2) is 0 Å². The normalized spacial score (nSPS) is 22.3. The van der Waals surface area contributed by atoms with Gasteiger partial charge in [0.25, 0.3) is 0 Å². The molecule has 1 atom stereocenters. The Hall–Kier alpha value is -0.900. The number of nitrogens with two attached hydrogens (primary N) is 1. The molecule has 0 saturated heterocycles. The molecule has 0 aromatic carbocycles. The monoisotopic (exact) mass is 166 g/mol. The Kier molecular flexibility index (Phi) is 1.84. The molecule has 0 radical (unpaired) electrons. The van der Waals surface area contributed by atoms with E-state index in [2.05, 4.69) is 17.2 Å². The predicted molar refractivity (Wildman–Crippen MR) is 45.7 cm³/mol. The zero-order valence-corrected chi connectivity index (χ0v) is 7.32. The van der Waals surface area contributed by atoms with Gasteiger partial charge in [-0.25, -0.2) is 4.68 Å². The Labute approximate surface area is 71.8 Å². The SMILES string of the molecule is CCn1nnc2c1CC(N)CC2. The van der Waals surface area contributed by atoms with Gasteiger partial charge in [0, 0.05) is 19.0 Å². The standard InChI is InChI=1S/C8H14N4/c1-2-12-8-5-6(9)3-4-7(8)10-11-12/h6H,2-5,9H2,1H3. The summed E-state index contributed by atoms with van der Waals surface area (Å²) in [5, 5.41) is 8.18. The van der Waals surface area contributed by atoms with Crippen LogP contribution in [-0.2, 0) is 19.4 Å². The summed E-state index contributed by atoms with van der Waals surface area (Å²) in [7, 11) is 0. The summed E-state index contributed by atoms with van der Waals surface area (Å²) < 4.78 is 1.95. The van der Waals surface area contributed by atoms with E-state index in [9.17, 15) is 0 Å². The van der Waals surface area contributed by atoms with Gasteiger partial charge in [-0.15, -0.1) is 5.10 Å². The fraction of sp³-hybridized carbons (Fsp3) is 0.750. The molecule has 0 amide bonds. The summed E-state index contributed by atoms with van der Waals surface area (Å²) in [4.78, 5) is 0. The Morgan fingerprint density at radius 3 is 3.25 bits per heavy atom. The highest BCUT2D eigenvalue weighted by Crippen LogP contribution is 2.17. The van der Waals surface area contributed by atoms with E-state index in [0.717, 1.165) is 31.5 Å². The van der Waals surface area contributed by atoms with E-state index in [0.29, 0.717) is 6.04 Å². The first-order valence-corrected chi connectivity index (χ1v) is 4.48. The highest BCUT2D eigenvalue weighted by Gasteiger charge is 2.20. The van der Waals surface area contributed by atoms with Crippen molar-refractivity contribution in [3.05, 3.63) is 11.4 Å². The van der Waals surface area contributed by atoms with Crippen LogP contribution in [0.2, 0.25) is 0 Å². The van der Waals surface area contributed by atoms with Crippen LogP contribution >= 0.6 is 0 Å². The molecule has 2 rings (SSSR count). The second-order valence-corrected chi connectivity index (χ2v) is 3.30. The number of rotatable bonds is 1. The van der Waals surface area contributed by atoms with Gasteiger partial charge in [-0.2, -0.15) is 0 Å². The van der Waals surface area contributed by atoms with Gasteiger partial charge in [0.2, 0.25) is 0 Å². The first kappa shape index (κ1) is 7.73. The maximum Gasteiger partial charge on any atom is 0.0860 e. The second-order valence-electron chi connectivity index (χ2n) is 3.30. The highest BCUT2D eigenvalue weighted by atomic mass is 15.4. The van der Waals surface area contributed by atoms with Crippen molar-refractivity contribution in [2.24, 2.45) is 5.73 Å². The Morgan fingerprint density at radius 1 is 1.67 bits per heavy atom. The van der Waals surface area contributed by atoms with Crippen LogP contribution in [0.1, 0.15) is 24.7 Å². The summed E-state index contributed by atoms with van der Waals surface area (Å²) >= 11 is 0. The lowest BCUT2D eigenvalue weighted by atomic mass is 9.97. The smallest absolute Gasteiger partial charge is 0.0860 e. The van der Waals surface area contributed by atoms with Crippen LogP contribution in [0.4, 0.5) is 0 Å². The van der Waals surface area contributed by atoms with E-state index in [1.54, 1.807) is 0 Å². The van der Waals surface area contributed by atoms with Gasteiger partial charge in [0.05, 0.1) is 11.4 Å². The van der Waals surface area contributed by atoms with Crippen LogP contribution in [0.5, 0.6) is 0 Å². The number of fused-ring (bicyclic) bond motifs is 1. The maximum absolute atomic E-state index is 5.86. The minimum absolute atomic E-state index is 0.307. The average molecular weight is 166 g/mol. The summed E-state index contributed by atoms with van der Waals surface area (Å²) in [6.45, 7) is 2.98. The number of aryl methyl sites for hydroxylation is 2. The fourth-order valence-electron chi connectivity index (χ4n) is 1.71. The molecule has 1 aliphatic carbocycles. The molecule has 1 heterocycles. The summed E-state index contributed by atoms with van der Waals surface area (Å²) in [6.07, 6.45) is 2.99. The minimum atomic E-state index is 0.307.